The summed E-state index contributed by atoms with van der Waals surface area (Å²) >= 11 is 0. The van der Waals surface area contributed by atoms with Gasteiger partial charge in [0.15, 0.2) is 0 Å². The third kappa shape index (κ3) is 2.71. The lowest BCUT2D eigenvalue weighted by Gasteiger charge is -2.09. The van der Waals surface area contributed by atoms with Crippen molar-refractivity contribution in [3.8, 4) is 11.1 Å². The molecule has 21 heavy (non-hydrogen) atoms. The Morgan fingerprint density at radius 2 is 1.71 bits per heavy atom. The fourth-order valence-corrected chi connectivity index (χ4v) is 2.00. The minimum Gasteiger partial charge on any atom is -0.478 e. The van der Waals surface area contributed by atoms with E-state index in [0.29, 0.717) is 11.1 Å². The van der Waals surface area contributed by atoms with Crippen molar-refractivity contribution in [2.45, 2.75) is 0 Å². The Morgan fingerprint density at radius 1 is 1.10 bits per heavy atom. The van der Waals surface area contributed by atoms with E-state index in [-0.39, 0.29) is 16.8 Å². The maximum absolute atomic E-state index is 11.5. The number of carboxylic acids is 1. The van der Waals surface area contributed by atoms with Gasteiger partial charge in [-0.3, -0.25) is 14.9 Å². The topological polar surface area (TPSA) is 124 Å². The zero-order chi connectivity index (χ0) is 15.6. The smallest absolute Gasteiger partial charge is 0.336 e. The van der Waals surface area contributed by atoms with Crippen molar-refractivity contribution >= 4 is 17.6 Å². The average Bonchev–Trinajstić information content (AvgIpc) is 2.46. The first-order valence-electron chi connectivity index (χ1n) is 5.82. The number of primary amides is 1. The number of carbonyl (C=O) groups is 2. The zero-order valence-corrected chi connectivity index (χ0v) is 10.6. The maximum Gasteiger partial charge on any atom is 0.336 e. The summed E-state index contributed by atoms with van der Waals surface area (Å²) in [5.41, 5.74) is 5.61. The van der Waals surface area contributed by atoms with E-state index in [1.807, 2.05) is 0 Å². The van der Waals surface area contributed by atoms with Crippen LogP contribution >= 0.6 is 0 Å². The number of non-ortho nitro benzene ring substituents is 1. The van der Waals surface area contributed by atoms with Crippen LogP contribution in [-0.4, -0.2) is 21.9 Å². The zero-order valence-electron chi connectivity index (χ0n) is 10.6. The molecule has 0 saturated carbocycles. The summed E-state index contributed by atoms with van der Waals surface area (Å²) in [4.78, 5) is 32.8. The van der Waals surface area contributed by atoms with Crippen LogP contribution in [0.15, 0.2) is 42.5 Å². The predicted octanol–water partition coefficient (Wildman–Crippen LogP) is 2.06. The number of benzene rings is 2. The minimum atomic E-state index is -1.27. The van der Waals surface area contributed by atoms with E-state index in [0.717, 1.165) is 0 Å². The van der Waals surface area contributed by atoms with E-state index in [4.69, 9.17) is 10.8 Å². The highest BCUT2D eigenvalue weighted by atomic mass is 16.6. The molecule has 7 nitrogen and oxygen atoms in total. The number of aromatic carboxylic acids is 1. The Morgan fingerprint density at radius 3 is 2.19 bits per heavy atom. The molecule has 0 aliphatic rings. The molecule has 2 rings (SSSR count). The summed E-state index contributed by atoms with van der Waals surface area (Å²) in [6.45, 7) is 0. The SMILES string of the molecule is NC(=O)c1c(C(=O)O)cccc1-c1ccc([N+](=O)[O-])cc1. The van der Waals surface area contributed by atoms with Crippen LogP contribution < -0.4 is 5.73 Å². The highest BCUT2D eigenvalue weighted by molar-refractivity contribution is 6.08. The first kappa shape index (κ1) is 14.2. The number of nitrogens with zero attached hydrogens (tertiary/aromatic N) is 1. The first-order chi connectivity index (χ1) is 9.91. The number of nitro groups is 1. The summed E-state index contributed by atoms with van der Waals surface area (Å²) in [6.07, 6.45) is 0. The second kappa shape index (κ2) is 5.41. The van der Waals surface area contributed by atoms with Gasteiger partial charge in [-0.1, -0.05) is 12.1 Å². The third-order valence-corrected chi connectivity index (χ3v) is 2.93. The van der Waals surface area contributed by atoms with Crippen LogP contribution in [0.1, 0.15) is 20.7 Å². The third-order valence-electron chi connectivity index (χ3n) is 2.93. The van der Waals surface area contributed by atoms with Crippen LogP contribution in [0, 0.1) is 10.1 Å². The molecule has 0 spiro atoms. The molecule has 2 aromatic carbocycles. The molecule has 106 valence electrons. The lowest BCUT2D eigenvalue weighted by molar-refractivity contribution is -0.384. The monoisotopic (exact) mass is 286 g/mol. The molecular weight excluding hydrogens is 276 g/mol. The normalized spacial score (nSPS) is 10.1. The number of amides is 1. The lowest BCUT2D eigenvalue weighted by Crippen LogP contribution is -2.17. The Balaban J connectivity index is 2.63. The van der Waals surface area contributed by atoms with Gasteiger partial charge in [0.25, 0.3) is 5.69 Å². The van der Waals surface area contributed by atoms with Gasteiger partial charge in [-0.2, -0.15) is 0 Å². The quantitative estimate of drug-likeness (QED) is 0.657. The van der Waals surface area contributed by atoms with Crippen molar-refractivity contribution in [1.82, 2.24) is 0 Å². The Labute approximate surface area is 118 Å². The van der Waals surface area contributed by atoms with Crippen LogP contribution in [0.4, 0.5) is 5.69 Å². The van der Waals surface area contributed by atoms with Gasteiger partial charge in [0.2, 0.25) is 5.91 Å². The molecule has 0 aliphatic heterocycles. The molecule has 1 amide bonds. The van der Waals surface area contributed by atoms with Crippen molar-refractivity contribution in [3.05, 3.63) is 63.7 Å². The van der Waals surface area contributed by atoms with Crippen molar-refractivity contribution in [2.75, 3.05) is 0 Å². The van der Waals surface area contributed by atoms with Gasteiger partial charge in [0.1, 0.15) is 0 Å². The Kier molecular flexibility index (Phi) is 3.66. The van der Waals surface area contributed by atoms with Gasteiger partial charge in [0.05, 0.1) is 16.1 Å². The van der Waals surface area contributed by atoms with Gasteiger partial charge >= 0.3 is 5.97 Å². The largest absolute Gasteiger partial charge is 0.478 e. The number of hydrogen-bond acceptors (Lipinski definition) is 4. The van der Waals surface area contributed by atoms with Crippen LogP contribution in [-0.2, 0) is 0 Å². The van der Waals surface area contributed by atoms with Gasteiger partial charge in [-0.25, -0.2) is 4.79 Å². The van der Waals surface area contributed by atoms with Gasteiger partial charge in [-0.05, 0) is 29.3 Å². The molecule has 0 heterocycles. The molecule has 0 radical (unpaired) electrons. The number of carboxylic acid groups (broad SMARTS) is 1. The number of nitrogens with two attached hydrogens (primary N) is 1. The summed E-state index contributed by atoms with van der Waals surface area (Å²) in [7, 11) is 0. The molecular formula is C14H10N2O5. The second-order valence-corrected chi connectivity index (χ2v) is 4.20. The molecule has 0 atom stereocenters. The van der Waals surface area contributed by atoms with Crippen LogP contribution in [0.3, 0.4) is 0 Å². The average molecular weight is 286 g/mol. The van der Waals surface area contributed by atoms with Gasteiger partial charge < -0.3 is 10.8 Å². The van der Waals surface area contributed by atoms with E-state index in [1.54, 1.807) is 0 Å². The van der Waals surface area contributed by atoms with Crippen molar-refractivity contribution in [3.63, 3.8) is 0 Å². The van der Waals surface area contributed by atoms with Gasteiger partial charge in [0, 0.05) is 12.1 Å². The highest BCUT2D eigenvalue weighted by Gasteiger charge is 2.19. The molecule has 0 aromatic heterocycles. The first-order valence-corrected chi connectivity index (χ1v) is 5.82. The summed E-state index contributed by atoms with van der Waals surface area (Å²) in [6, 6.07) is 9.70. The lowest BCUT2D eigenvalue weighted by atomic mass is 9.95. The number of rotatable bonds is 4. The molecule has 0 unspecified atom stereocenters. The fourth-order valence-electron chi connectivity index (χ4n) is 2.00. The predicted molar refractivity (Wildman–Crippen MR) is 74.0 cm³/mol. The second-order valence-electron chi connectivity index (χ2n) is 4.20. The number of nitro benzene ring substituents is 1. The molecule has 0 fully saturated rings. The molecule has 0 bridgehead atoms. The highest BCUT2D eigenvalue weighted by Crippen LogP contribution is 2.27. The number of carbonyl (C=O) groups excluding carboxylic acids is 1. The fraction of sp³-hybridized carbons (Fsp3) is 0. The van der Waals surface area contributed by atoms with E-state index in [9.17, 15) is 19.7 Å². The molecule has 3 N–H and O–H groups in total. The Bertz CT molecular complexity index is 738. The van der Waals surface area contributed by atoms with E-state index < -0.39 is 16.8 Å². The number of hydrogen-bond donors (Lipinski definition) is 2. The van der Waals surface area contributed by atoms with Crippen LogP contribution in [0.2, 0.25) is 0 Å². The van der Waals surface area contributed by atoms with Crippen molar-refractivity contribution in [1.29, 1.82) is 0 Å². The molecule has 0 saturated heterocycles. The summed E-state index contributed by atoms with van der Waals surface area (Å²) in [5, 5.41) is 19.7. The van der Waals surface area contributed by atoms with Gasteiger partial charge in [-0.15, -0.1) is 0 Å². The molecule has 2 aromatic rings. The van der Waals surface area contributed by atoms with E-state index in [2.05, 4.69) is 0 Å². The van der Waals surface area contributed by atoms with Crippen molar-refractivity contribution in [2.24, 2.45) is 5.73 Å². The standard InChI is InChI=1S/C14H10N2O5/c15-13(17)12-10(2-1-3-11(12)14(18)19)8-4-6-9(7-5-8)16(20)21/h1-7H,(H2,15,17)(H,18,19). The van der Waals surface area contributed by atoms with E-state index >= 15 is 0 Å². The molecule has 7 heteroatoms. The molecule has 0 aliphatic carbocycles. The van der Waals surface area contributed by atoms with Crippen LogP contribution in [0.5, 0.6) is 0 Å². The summed E-state index contributed by atoms with van der Waals surface area (Å²) < 4.78 is 0. The van der Waals surface area contributed by atoms with Crippen LogP contribution in [0.25, 0.3) is 11.1 Å². The minimum absolute atomic E-state index is 0.103. The summed E-state index contributed by atoms with van der Waals surface area (Å²) in [5.74, 6) is -2.14. The Hall–Kier alpha value is -3.22. The van der Waals surface area contributed by atoms with Crippen molar-refractivity contribution < 1.29 is 19.6 Å². The maximum atomic E-state index is 11.5. The van der Waals surface area contributed by atoms with E-state index in [1.165, 1.54) is 42.5 Å².